The third-order valence-electron chi connectivity index (χ3n) is 2.35. The van der Waals surface area contributed by atoms with Gasteiger partial charge in [-0.3, -0.25) is 0 Å². The molecule has 0 saturated carbocycles. The van der Waals surface area contributed by atoms with E-state index >= 15 is 0 Å². The summed E-state index contributed by atoms with van der Waals surface area (Å²) in [5.41, 5.74) is 0.599. The van der Waals surface area contributed by atoms with E-state index in [1.807, 2.05) is 0 Å². The molecule has 0 aliphatic heterocycles. The fraction of sp³-hybridized carbons (Fsp3) is 0.333. The third-order valence-corrected chi connectivity index (χ3v) is 2.35. The molecule has 0 atom stereocenters. The zero-order valence-corrected chi connectivity index (χ0v) is 9.27. The predicted molar refractivity (Wildman–Crippen MR) is 59.7 cm³/mol. The Labute approximate surface area is 98.1 Å². The van der Waals surface area contributed by atoms with Crippen LogP contribution in [0.3, 0.4) is 0 Å². The largest absolute Gasteiger partial charge is 0.396 e. The van der Waals surface area contributed by atoms with Gasteiger partial charge in [-0.2, -0.15) is 4.98 Å². The van der Waals surface area contributed by atoms with Crippen molar-refractivity contribution in [3.63, 3.8) is 0 Å². The molecule has 2 aromatic rings. The summed E-state index contributed by atoms with van der Waals surface area (Å²) >= 11 is 0. The summed E-state index contributed by atoms with van der Waals surface area (Å²) in [6.45, 7) is 0.158. The van der Waals surface area contributed by atoms with Crippen LogP contribution in [0.1, 0.15) is 18.7 Å². The van der Waals surface area contributed by atoms with E-state index in [1.54, 1.807) is 12.1 Å². The molecule has 0 fully saturated rings. The quantitative estimate of drug-likeness (QED) is 0.808. The maximum absolute atomic E-state index is 13.0. The first-order valence-electron chi connectivity index (χ1n) is 5.49. The standard InChI is InChI=1S/C12H13FN2O2/c13-10-5-3-4-9(8-10)12-14-11(17-15-12)6-1-2-7-16/h3-5,8,16H,1-2,6-7H2. The monoisotopic (exact) mass is 236 g/mol. The lowest BCUT2D eigenvalue weighted by molar-refractivity contribution is 0.281. The molecule has 0 saturated heterocycles. The number of rotatable bonds is 5. The first-order valence-corrected chi connectivity index (χ1v) is 5.49. The number of aryl methyl sites for hydroxylation is 1. The molecule has 0 unspecified atom stereocenters. The lowest BCUT2D eigenvalue weighted by atomic mass is 10.2. The topological polar surface area (TPSA) is 59.2 Å². The molecular formula is C12H13FN2O2. The smallest absolute Gasteiger partial charge is 0.226 e. The maximum atomic E-state index is 13.0. The van der Waals surface area contributed by atoms with Crippen LogP contribution in [0.4, 0.5) is 4.39 Å². The number of halogens is 1. The second-order valence-corrected chi connectivity index (χ2v) is 3.70. The van der Waals surface area contributed by atoms with Crippen molar-refractivity contribution in [1.82, 2.24) is 10.1 Å². The SMILES string of the molecule is OCCCCc1nc(-c2cccc(F)c2)no1. The number of aromatic nitrogens is 2. The van der Waals surface area contributed by atoms with E-state index < -0.39 is 0 Å². The highest BCUT2D eigenvalue weighted by molar-refractivity contribution is 5.53. The highest BCUT2D eigenvalue weighted by Crippen LogP contribution is 2.17. The van der Waals surface area contributed by atoms with Gasteiger partial charge in [0.05, 0.1) is 0 Å². The first-order chi connectivity index (χ1) is 8.29. The normalized spacial score (nSPS) is 10.7. The Morgan fingerprint density at radius 2 is 2.18 bits per heavy atom. The zero-order valence-electron chi connectivity index (χ0n) is 9.27. The molecule has 1 heterocycles. The highest BCUT2D eigenvalue weighted by atomic mass is 19.1. The Balaban J connectivity index is 2.07. The Bertz CT molecular complexity index is 485. The summed E-state index contributed by atoms with van der Waals surface area (Å²) in [7, 11) is 0. The van der Waals surface area contributed by atoms with Crippen LogP contribution in [-0.2, 0) is 6.42 Å². The fourth-order valence-electron chi connectivity index (χ4n) is 1.49. The van der Waals surface area contributed by atoms with Crippen LogP contribution in [0, 0.1) is 5.82 Å². The molecule has 4 nitrogen and oxygen atoms in total. The Morgan fingerprint density at radius 1 is 1.29 bits per heavy atom. The molecule has 1 N–H and O–H groups in total. The number of hydrogen-bond acceptors (Lipinski definition) is 4. The van der Waals surface area contributed by atoms with Crippen LogP contribution in [0.15, 0.2) is 28.8 Å². The predicted octanol–water partition coefficient (Wildman–Crippen LogP) is 2.19. The van der Waals surface area contributed by atoms with E-state index in [9.17, 15) is 4.39 Å². The second-order valence-electron chi connectivity index (χ2n) is 3.70. The van der Waals surface area contributed by atoms with Gasteiger partial charge in [0.2, 0.25) is 11.7 Å². The first kappa shape index (κ1) is 11.7. The van der Waals surface area contributed by atoms with Crippen molar-refractivity contribution in [1.29, 1.82) is 0 Å². The van der Waals surface area contributed by atoms with Crippen LogP contribution in [0.5, 0.6) is 0 Å². The summed E-state index contributed by atoms with van der Waals surface area (Å²) in [6.07, 6.45) is 2.13. The minimum absolute atomic E-state index is 0.158. The van der Waals surface area contributed by atoms with Gasteiger partial charge in [0.1, 0.15) is 5.82 Å². The van der Waals surface area contributed by atoms with Gasteiger partial charge in [-0.25, -0.2) is 4.39 Å². The lowest BCUT2D eigenvalue weighted by Gasteiger charge is -1.93. The van der Waals surface area contributed by atoms with Gasteiger partial charge >= 0.3 is 0 Å². The Morgan fingerprint density at radius 3 is 2.94 bits per heavy atom. The number of benzene rings is 1. The molecular weight excluding hydrogens is 223 g/mol. The number of unbranched alkanes of at least 4 members (excludes halogenated alkanes) is 1. The zero-order chi connectivity index (χ0) is 12.1. The van der Waals surface area contributed by atoms with Gasteiger partial charge in [-0.15, -0.1) is 0 Å². The van der Waals surface area contributed by atoms with E-state index in [-0.39, 0.29) is 12.4 Å². The van der Waals surface area contributed by atoms with Crippen LogP contribution in [0.25, 0.3) is 11.4 Å². The average Bonchev–Trinajstić information content (AvgIpc) is 2.78. The second kappa shape index (κ2) is 5.54. The summed E-state index contributed by atoms with van der Waals surface area (Å²) in [5, 5.41) is 12.4. The maximum Gasteiger partial charge on any atom is 0.226 e. The van der Waals surface area contributed by atoms with Gasteiger partial charge in [-0.05, 0) is 25.0 Å². The van der Waals surface area contributed by atoms with Crippen molar-refractivity contribution in [3.8, 4) is 11.4 Å². The minimum atomic E-state index is -0.325. The molecule has 0 aliphatic rings. The van der Waals surface area contributed by atoms with E-state index in [0.29, 0.717) is 30.1 Å². The minimum Gasteiger partial charge on any atom is -0.396 e. The van der Waals surface area contributed by atoms with Crippen molar-refractivity contribution in [2.45, 2.75) is 19.3 Å². The van der Waals surface area contributed by atoms with Crippen molar-refractivity contribution in [2.24, 2.45) is 0 Å². The van der Waals surface area contributed by atoms with E-state index in [2.05, 4.69) is 10.1 Å². The van der Waals surface area contributed by atoms with Crippen LogP contribution >= 0.6 is 0 Å². The number of hydrogen-bond donors (Lipinski definition) is 1. The number of aliphatic hydroxyl groups excluding tert-OH is 1. The van der Waals surface area contributed by atoms with E-state index in [4.69, 9.17) is 9.63 Å². The van der Waals surface area contributed by atoms with Crippen molar-refractivity contribution in [3.05, 3.63) is 36.0 Å². The molecule has 0 bridgehead atoms. The molecule has 90 valence electrons. The molecule has 1 aromatic carbocycles. The summed E-state index contributed by atoms with van der Waals surface area (Å²) < 4.78 is 18.0. The lowest BCUT2D eigenvalue weighted by Crippen LogP contribution is -1.89. The van der Waals surface area contributed by atoms with Crippen molar-refractivity contribution >= 4 is 0 Å². The van der Waals surface area contributed by atoms with E-state index in [0.717, 1.165) is 6.42 Å². The van der Waals surface area contributed by atoms with Gasteiger partial charge in [0.25, 0.3) is 0 Å². The Kier molecular flexibility index (Phi) is 3.82. The molecule has 0 spiro atoms. The van der Waals surface area contributed by atoms with Gasteiger partial charge in [-0.1, -0.05) is 17.3 Å². The average molecular weight is 236 g/mol. The van der Waals surface area contributed by atoms with Gasteiger partial charge in [0, 0.05) is 18.6 Å². The fourth-order valence-corrected chi connectivity index (χ4v) is 1.49. The van der Waals surface area contributed by atoms with Gasteiger partial charge in [0.15, 0.2) is 0 Å². The molecule has 1 aromatic heterocycles. The molecule has 2 rings (SSSR count). The van der Waals surface area contributed by atoms with Crippen molar-refractivity contribution < 1.29 is 14.0 Å². The number of aliphatic hydroxyl groups is 1. The van der Waals surface area contributed by atoms with Crippen LogP contribution in [-0.4, -0.2) is 21.9 Å². The summed E-state index contributed by atoms with van der Waals surface area (Å²) in [4.78, 5) is 4.17. The highest BCUT2D eigenvalue weighted by Gasteiger charge is 2.08. The molecule has 5 heteroatoms. The van der Waals surface area contributed by atoms with Crippen molar-refractivity contribution in [2.75, 3.05) is 6.61 Å². The van der Waals surface area contributed by atoms with E-state index in [1.165, 1.54) is 12.1 Å². The summed E-state index contributed by atoms with van der Waals surface area (Å²) in [5.74, 6) is 0.579. The summed E-state index contributed by atoms with van der Waals surface area (Å²) in [6, 6.07) is 6.06. The molecule has 0 amide bonds. The van der Waals surface area contributed by atoms with Crippen LogP contribution < -0.4 is 0 Å². The molecule has 17 heavy (non-hydrogen) atoms. The Hall–Kier alpha value is -1.75. The third kappa shape index (κ3) is 3.10. The van der Waals surface area contributed by atoms with Gasteiger partial charge < -0.3 is 9.63 Å². The molecule has 0 aliphatic carbocycles. The number of nitrogens with zero attached hydrogens (tertiary/aromatic N) is 2. The molecule has 0 radical (unpaired) electrons. The van der Waals surface area contributed by atoms with Crippen LogP contribution in [0.2, 0.25) is 0 Å².